The van der Waals surface area contributed by atoms with Crippen molar-refractivity contribution < 1.29 is 4.79 Å². The Morgan fingerprint density at radius 1 is 1.41 bits per heavy atom. The zero-order valence-corrected chi connectivity index (χ0v) is 9.73. The largest absolute Gasteiger partial charge is 0.383 e. The Kier molecular flexibility index (Phi) is 3.66. The Labute approximate surface area is 102 Å². The van der Waals surface area contributed by atoms with E-state index < -0.39 is 0 Å². The summed E-state index contributed by atoms with van der Waals surface area (Å²) in [6, 6.07) is 9.97. The first-order valence-corrected chi connectivity index (χ1v) is 5.82. The van der Waals surface area contributed by atoms with Gasteiger partial charge in [0, 0.05) is 37.7 Å². The third kappa shape index (κ3) is 3.01. The molecule has 1 N–H and O–H groups in total. The number of likely N-dealkylation sites (tertiary alicyclic amines) is 1. The first-order valence-electron chi connectivity index (χ1n) is 5.82. The number of carbonyl (C=O) groups is 1. The topological polar surface area (TPSA) is 32.3 Å². The van der Waals surface area contributed by atoms with Crippen molar-refractivity contribution in [3.8, 4) is 12.3 Å². The molecule has 1 fully saturated rings. The van der Waals surface area contributed by atoms with E-state index in [1.54, 1.807) is 0 Å². The van der Waals surface area contributed by atoms with Gasteiger partial charge in [-0.1, -0.05) is 18.2 Å². The number of para-hydroxylation sites is 1. The van der Waals surface area contributed by atoms with E-state index in [4.69, 9.17) is 6.42 Å². The van der Waals surface area contributed by atoms with Gasteiger partial charge in [-0.25, -0.2) is 0 Å². The van der Waals surface area contributed by atoms with E-state index in [1.807, 2.05) is 35.2 Å². The van der Waals surface area contributed by atoms with Crippen LogP contribution in [0, 0.1) is 18.3 Å². The molecule has 1 unspecified atom stereocenters. The molecule has 1 aromatic carbocycles. The van der Waals surface area contributed by atoms with Crippen LogP contribution < -0.4 is 5.32 Å². The predicted octanol–water partition coefficient (Wildman–Crippen LogP) is 1.58. The van der Waals surface area contributed by atoms with Crippen molar-refractivity contribution in [3.05, 3.63) is 30.3 Å². The molecule has 0 spiro atoms. The molecular formula is C14H16N2O. The van der Waals surface area contributed by atoms with E-state index >= 15 is 0 Å². The van der Waals surface area contributed by atoms with Crippen LogP contribution in [0.2, 0.25) is 0 Å². The molecule has 2 rings (SSSR count). The highest BCUT2D eigenvalue weighted by molar-refractivity contribution is 5.79. The fourth-order valence-corrected chi connectivity index (χ4v) is 1.99. The molecule has 17 heavy (non-hydrogen) atoms. The van der Waals surface area contributed by atoms with Gasteiger partial charge in [-0.3, -0.25) is 4.79 Å². The van der Waals surface area contributed by atoms with Crippen LogP contribution >= 0.6 is 0 Å². The number of nitrogens with one attached hydrogen (secondary N) is 1. The van der Waals surface area contributed by atoms with Crippen molar-refractivity contribution >= 4 is 11.6 Å². The Morgan fingerprint density at radius 2 is 2.18 bits per heavy atom. The van der Waals surface area contributed by atoms with Crippen LogP contribution in [0.3, 0.4) is 0 Å². The summed E-state index contributed by atoms with van der Waals surface area (Å²) < 4.78 is 0. The highest BCUT2D eigenvalue weighted by Gasteiger charge is 2.27. The van der Waals surface area contributed by atoms with Crippen molar-refractivity contribution in [2.24, 2.45) is 5.92 Å². The van der Waals surface area contributed by atoms with Gasteiger partial charge in [0.05, 0.1) is 0 Å². The smallest absolute Gasteiger partial charge is 0.223 e. The summed E-state index contributed by atoms with van der Waals surface area (Å²) in [5, 5.41) is 3.28. The molecule has 88 valence electrons. The lowest BCUT2D eigenvalue weighted by molar-refractivity contribution is -0.127. The minimum absolute atomic E-state index is 0.0965. The van der Waals surface area contributed by atoms with Crippen LogP contribution in [0.25, 0.3) is 0 Å². The summed E-state index contributed by atoms with van der Waals surface area (Å²) >= 11 is 0. The quantitative estimate of drug-likeness (QED) is 0.794. The Balaban J connectivity index is 1.76. The minimum Gasteiger partial charge on any atom is -0.383 e. The fourth-order valence-electron chi connectivity index (χ4n) is 1.99. The van der Waals surface area contributed by atoms with Crippen molar-refractivity contribution in [3.63, 3.8) is 0 Å². The highest BCUT2D eigenvalue weighted by Crippen LogP contribution is 2.16. The summed E-state index contributed by atoms with van der Waals surface area (Å²) in [5.41, 5.74) is 1.08. The molecular weight excluding hydrogens is 212 g/mol. The van der Waals surface area contributed by atoms with Crippen molar-refractivity contribution in [2.75, 3.05) is 25.0 Å². The molecule has 1 aromatic rings. The molecule has 0 aliphatic carbocycles. The highest BCUT2D eigenvalue weighted by atomic mass is 16.2. The number of anilines is 1. The molecule has 1 atom stereocenters. The van der Waals surface area contributed by atoms with E-state index in [-0.39, 0.29) is 11.8 Å². The summed E-state index contributed by atoms with van der Waals surface area (Å²) in [6.45, 7) is 2.17. The lowest BCUT2D eigenvalue weighted by Crippen LogP contribution is -2.30. The molecule has 1 heterocycles. The van der Waals surface area contributed by atoms with Gasteiger partial charge >= 0.3 is 0 Å². The Morgan fingerprint density at radius 3 is 2.82 bits per heavy atom. The van der Waals surface area contributed by atoms with Crippen LogP contribution in [0.4, 0.5) is 5.69 Å². The molecule has 0 radical (unpaired) electrons. The monoisotopic (exact) mass is 228 g/mol. The number of carbonyl (C=O) groups excluding carboxylic acids is 1. The zero-order valence-electron chi connectivity index (χ0n) is 9.73. The normalized spacial score (nSPS) is 19.1. The summed E-state index contributed by atoms with van der Waals surface area (Å²) in [6.07, 6.45) is 5.84. The lowest BCUT2D eigenvalue weighted by atomic mass is 10.1. The van der Waals surface area contributed by atoms with Gasteiger partial charge in [0.25, 0.3) is 0 Å². The SMILES string of the molecule is C#CC1CC(=O)N(CCNc2ccccc2)C1. The minimum atomic E-state index is 0.0965. The van der Waals surface area contributed by atoms with Crippen LogP contribution in [0.1, 0.15) is 6.42 Å². The molecule has 0 bridgehead atoms. The average Bonchev–Trinajstić information content (AvgIpc) is 2.72. The number of nitrogens with zero attached hydrogens (tertiary/aromatic N) is 1. The molecule has 0 aromatic heterocycles. The first-order chi connectivity index (χ1) is 8.29. The first kappa shape index (κ1) is 11.5. The van der Waals surface area contributed by atoms with Gasteiger partial charge in [-0.15, -0.1) is 12.3 Å². The lowest BCUT2D eigenvalue weighted by Gasteiger charge is -2.16. The van der Waals surface area contributed by atoms with Crippen LogP contribution in [0.5, 0.6) is 0 Å². The second-order valence-corrected chi connectivity index (χ2v) is 4.20. The number of hydrogen-bond acceptors (Lipinski definition) is 2. The van der Waals surface area contributed by atoms with Crippen LogP contribution in [-0.4, -0.2) is 30.4 Å². The van der Waals surface area contributed by atoms with Crippen molar-refractivity contribution in [1.82, 2.24) is 4.90 Å². The van der Waals surface area contributed by atoms with E-state index in [2.05, 4.69) is 11.2 Å². The Hall–Kier alpha value is -1.95. The second-order valence-electron chi connectivity index (χ2n) is 4.20. The fraction of sp³-hybridized carbons (Fsp3) is 0.357. The molecule has 3 heteroatoms. The number of benzene rings is 1. The van der Waals surface area contributed by atoms with Crippen molar-refractivity contribution in [2.45, 2.75) is 6.42 Å². The van der Waals surface area contributed by atoms with Crippen LogP contribution in [0.15, 0.2) is 30.3 Å². The van der Waals surface area contributed by atoms with E-state index in [9.17, 15) is 4.79 Å². The maximum Gasteiger partial charge on any atom is 0.223 e. The third-order valence-corrected chi connectivity index (χ3v) is 2.93. The summed E-state index contributed by atoms with van der Waals surface area (Å²) in [5.74, 6) is 2.92. The molecule has 1 aliphatic heterocycles. The molecule has 3 nitrogen and oxygen atoms in total. The maximum absolute atomic E-state index is 11.6. The van der Waals surface area contributed by atoms with E-state index in [1.165, 1.54) is 0 Å². The molecule has 0 saturated carbocycles. The second kappa shape index (κ2) is 5.40. The molecule has 1 amide bonds. The van der Waals surface area contributed by atoms with Gasteiger partial charge in [0.15, 0.2) is 0 Å². The van der Waals surface area contributed by atoms with E-state index in [0.717, 1.165) is 12.2 Å². The number of hydrogen-bond donors (Lipinski definition) is 1. The number of rotatable bonds is 4. The van der Waals surface area contributed by atoms with Gasteiger partial charge in [0.1, 0.15) is 0 Å². The zero-order chi connectivity index (χ0) is 12.1. The standard InChI is InChI=1S/C14H16N2O/c1-2-12-10-14(17)16(11-12)9-8-15-13-6-4-3-5-7-13/h1,3-7,12,15H,8-11H2. The van der Waals surface area contributed by atoms with Gasteiger partial charge in [-0.2, -0.15) is 0 Å². The van der Waals surface area contributed by atoms with Gasteiger partial charge < -0.3 is 10.2 Å². The summed E-state index contributed by atoms with van der Waals surface area (Å²) in [7, 11) is 0. The number of terminal acetylenes is 1. The molecule has 1 saturated heterocycles. The third-order valence-electron chi connectivity index (χ3n) is 2.93. The average molecular weight is 228 g/mol. The number of amides is 1. The van der Waals surface area contributed by atoms with E-state index in [0.29, 0.717) is 19.5 Å². The van der Waals surface area contributed by atoms with Gasteiger partial charge in [-0.05, 0) is 12.1 Å². The van der Waals surface area contributed by atoms with Crippen LogP contribution in [-0.2, 0) is 4.79 Å². The maximum atomic E-state index is 11.6. The van der Waals surface area contributed by atoms with Gasteiger partial charge in [0.2, 0.25) is 5.91 Å². The predicted molar refractivity (Wildman–Crippen MR) is 68.5 cm³/mol. The Bertz CT molecular complexity index is 422. The van der Waals surface area contributed by atoms with Crippen molar-refractivity contribution in [1.29, 1.82) is 0 Å². The molecule has 1 aliphatic rings. The summed E-state index contributed by atoms with van der Waals surface area (Å²) in [4.78, 5) is 13.4.